The molecule has 0 unspecified atom stereocenters. The number of aromatic hydroxyl groups is 1. The molecule has 6 nitrogen and oxygen atoms in total. The fourth-order valence-corrected chi connectivity index (χ4v) is 3.13. The number of rotatable bonds is 3. The highest BCUT2D eigenvalue weighted by Gasteiger charge is 2.35. The van der Waals surface area contributed by atoms with Crippen molar-refractivity contribution in [2.45, 2.75) is 50.9 Å². The van der Waals surface area contributed by atoms with Gasteiger partial charge in [0.2, 0.25) is 5.95 Å². The van der Waals surface area contributed by atoms with Gasteiger partial charge in [0.25, 0.3) is 0 Å². The van der Waals surface area contributed by atoms with E-state index in [-0.39, 0.29) is 28.9 Å². The summed E-state index contributed by atoms with van der Waals surface area (Å²) in [6.07, 6.45) is -2.15. The molecule has 146 valence electrons. The summed E-state index contributed by atoms with van der Waals surface area (Å²) < 4.78 is 52.0. The van der Waals surface area contributed by atoms with Crippen molar-refractivity contribution < 1.29 is 27.8 Å². The van der Waals surface area contributed by atoms with Crippen molar-refractivity contribution in [3.63, 3.8) is 0 Å². The van der Waals surface area contributed by atoms with E-state index in [1.165, 1.54) is 6.92 Å². The minimum absolute atomic E-state index is 0.0325. The third-order valence-corrected chi connectivity index (χ3v) is 4.55. The lowest BCUT2D eigenvalue weighted by atomic mass is 9.93. The van der Waals surface area contributed by atoms with Crippen LogP contribution >= 0.6 is 0 Å². The van der Waals surface area contributed by atoms with Crippen LogP contribution in [0.5, 0.6) is 5.75 Å². The average molecular weight is 386 g/mol. The van der Waals surface area contributed by atoms with Crippen LogP contribution in [0.4, 0.5) is 23.5 Å². The maximum atomic E-state index is 13.8. The molecule has 3 N–H and O–H groups in total. The first-order valence-corrected chi connectivity index (χ1v) is 8.43. The molecule has 0 saturated heterocycles. The first kappa shape index (κ1) is 19.3. The summed E-state index contributed by atoms with van der Waals surface area (Å²) in [4.78, 5) is 4.17. The molecule has 0 amide bonds. The second-order valence-corrected chi connectivity index (χ2v) is 6.52. The normalized spacial score (nSPS) is 20.5. The molecule has 1 saturated carbocycles. The topological polar surface area (TPSA) is 91.2 Å². The molecular weight excluding hydrogens is 368 g/mol. The number of alkyl halides is 3. The van der Waals surface area contributed by atoms with Crippen molar-refractivity contribution in [2.75, 3.05) is 5.32 Å². The first-order valence-electron chi connectivity index (χ1n) is 8.43. The van der Waals surface area contributed by atoms with Gasteiger partial charge < -0.3 is 15.5 Å². The van der Waals surface area contributed by atoms with Crippen molar-refractivity contribution in [1.82, 2.24) is 15.2 Å². The number of anilines is 1. The van der Waals surface area contributed by atoms with Crippen molar-refractivity contribution in [3.8, 4) is 17.0 Å². The molecular formula is C17H18F4N4O2. The molecule has 1 aromatic heterocycles. The molecule has 0 aliphatic heterocycles. The highest BCUT2D eigenvalue weighted by atomic mass is 19.4. The van der Waals surface area contributed by atoms with E-state index in [9.17, 15) is 27.8 Å². The van der Waals surface area contributed by atoms with Gasteiger partial charge in [0, 0.05) is 5.56 Å². The van der Waals surface area contributed by atoms with Crippen molar-refractivity contribution in [1.29, 1.82) is 0 Å². The predicted octanol–water partition coefficient (Wildman–Crippen LogP) is 3.43. The number of phenolic OH excluding ortho intramolecular Hbond substituents is 1. The third-order valence-electron chi connectivity index (χ3n) is 4.55. The molecule has 1 aromatic carbocycles. The largest absolute Gasteiger partial charge is 0.507 e. The van der Waals surface area contributed by atoms with E-state index < -0.39 is 29.4 Å². The fourth-order valence-electron chi connectivity index (χ4n) is 3.13. The Bertz CT molecular complexity index is 844. The second-order valence-electron chi connectivity index (χ2n) is 6.52. The van der Waals surface area contributed by atoms with E-state index in [1.54, 1.807) is 0 Å². The molecule has 2 atom stereocenters. The van der Waals surface area contributed by atoms with Gasteiger partial charge in [-0.15, -0.1) is 10.2 Å². The number of aliphatic hydroxyl groups is 1. The highest BCUT2D eigenvalue weighted by molar-refractivity contribution is 5.69. The quantitative estimate of drug-likeness (QED) is 0.701. The van der Waals surface area contributed by atoms with Crippen LogP contribution in [-0.2, 0) is 6.18 Å². The monoisotopic (exact) mass is 386 g/mol. The number of nitrogens with zero attached hydrogens (tertiary/aromatic N) is 3. The van der Waals surface area contributed by atoms with E-state index in [0.717, 1.165) is 19.3 Å². The van der Waals surface area contributed by atoms with Gasteiger partial charge in [-0.25, -0.2) is 9.37 Å². The number of benzene rings is 1. The highest BCUT2D eigenvalue weighted by Crippen LogP contribution is 2.38. The minimum atomic E-state index is -4.92. The smallest absolute Gasteiger partial charge is 0.419 e. The molecule has 0 radical (unpaired) electrons. The minimum Gasteiger partial charge on any atom is -0.507 e. The number of aliphatic hydroxyl groups excluding tert-OH is 1. The van der Waals surface area contributed by atoms with E-state index in [0.29, 0.717) is 18.6 Å². The van der Waals surface area contributed by atoms with Crippen molar-refractivity contribution in [2.24, 2.45) is 0 Å². The Morgan fingerprint density at radius 3 is 2.48 bits per heavy atom. The number of halogens is 4. The Kier molecular flexibility index (Phi) is 5.18. The van der Waals surface area contributed by atoms with Crippen LogP contribution in [0.2, 0.25) is 0 Å². The number of nitrogens with one attached hydrogen (secondary N) is 1. The van der Waals surface area contributed by atoms with Gasteiger partial charge in [-0.05, 0) is 31.9 Å². The summed E-state index contributed by atoms with van der Waals surface area (Å²) in [5.74, 6) is -2.15. The second kappa shape index (κ2) is 7.26. The Morgan fingerprint density at radius 2 is 1.85 bits per heavy atom. The maximum absolute atomic E-state index is 13.8. The molecule has 0 bridgehead atoms. The van der Waals surface area contributed by atoms with Crippen LogP contribution in [0, 0.1) is 12.7 Å². The number of hydrogen-bond donors (Lipinski definition) is 3. The summed E-state index contributed by atoms with van der Waals surface area (Å²) in [6, 6.07) is 0.660. The molecule has 27 heavy (non-hydrogen) atoms. The standard InChI is InChI=1S/C17H18F4N4O2/c1-8-15(9-6-11(18)10(7-14(9)27)17(19,20)21)24-25-16(22-8)23-12-4-2-3-5-13(12)26/h6-7,12-13,26-27H,2-5H2,1H3,(H,22,23,25)/t12-,13-/m1/s1. The van der Waals surface area contributed by atoms with E-state index in [4.69, 9.17) is 0 Å². The number of aryl methyl sites for hydroxylation is 1. The van der Waals surface area contributed by atoms with Crippen LogP contribution in [0.3, 0.4) is 0 Å². The van der Waals surface area contributed by atoms with E-state index >= 15 is 0 Å². The van der Waals surface area contributed by atoms with Crippen molar-refractivity contribution >= 4 is 5.95 Å². The van der Waals surface area contributed by atoms with Gasteiger partial charge >= 0.3 is 6.18 Å². The Labute approximate surface area is 152 Å². The van der Waals surface area contributed by atoms with Crippen LogP contribution in [0.15, 0.2) is 12.1 Å². The molecule has 0 spiro atoms. The van der Waals surface area contributed by atoms with Gasteiger partial charge in [0.15, 0.2) is 0 Å². The lowest BCUT2D eigenvalue weighted by molar-refractivity contribution is -0.140. The van der Waals surface area contributed by atoms with Gasteiger partial charge in [-0.1, -0.05) is 12.8 Å². The molecule has 1 heterocycles. The zero-order valence-electron chi connectivity index (χ0n) is 14.4. The summed E-state index contributed by atoms with van der Waals surface area (Å²) in [5.41, 5.74) is -1.59. The zero-order chi connectivity index (χ0) is 19.8. The van der Waals surface area contributed by atoms with Gasteiger partial charge in [-0.3, -0.25) is 0 Å². The first-order chi connectivity index (χ1) is 12.7. The number of aromatic nitrogens is 3. The molecule has 3 rings (SSSR count). The fraction of sp³-hybridized carbons (Fsp3) is 0.471. The molecule has 1 aliphatic carbocycles. The third kappa shape index (κ3) is 4.10. The van der Waals surface area contributed by atoms with Crippen LogP contribution < -0.4 is 5.32 Å². The van der Waals surface area contributed by atoms with Gasteiger partial charge in [0.05, 0.1) is 23.4 Å². The van der Waals surface area contributed by atoms with Crippen LogP contribution in [0.1, 0.15) is 36.9 Å². The van der Waals surface area contributed by atoms with Gasteiger partial charge in [0.1, 0.15) is 17.3 Å². The Morgan fingerprint density at radius 1 is 1.15 bits per heavy atom. The lowest BCUT2D eigenvalue weighted by Crippen LogP contribution is -2.37. The lowest BCUT2D eigenvalue weighted by Gasteiger charge is -2.28. The molecule has 1 aliphatic rings. The zero-order valence-corrected chi connectivity index (χ0v) is 14.4. The number of phenols is 1. The van der Waals surface area contributed by atoms with Crippen LogP contribution in [0.25, 0.3) is 11.3 Å². The molecule has 1 fully saturated rings. The summed E-state index contributed by atoms with van der Waals surface area (Å²) in [7, 11) is 0. The average Bonchev–Trinajstić information content (AvgIpc) is 2.58. The summed E-state index contributed by atoms with van der Waals surface area (Å²) in [6.45, 7) is 1.52. The predicted molar refractivity (Wildman–Crippen MR) is 88.5 cm³/mol. The SMILES string of the molecule is Cc1nc(N[C@@H]2CCCC[C@H]2O)nnc1-c1cc(F)c(C(F)(F)F)cc1O. The Hall–Kier alpha value is -2.49. The Balaban J connectivity index is 1.89. The number of hydrogen-bond acceptors (Lipinski definition) is 6. The van der Waals surface area contributed by atoms with E-state index in [1.807, 2.05) is 0 Å². The summed E-state index contributed by atoms with van der Waals surface area (Å²) >= 11 is 0. The van der Waals surface area contributed by atoms with E-state index in [2.05, 4.69) is 20.5 Å². The summed E-state index contributed by atoms with van der Waals surface area (Å²) in [5, 5.41) is 30.6. The molecule has 2 aromatic rings. The maximum Gasteiger partial charge on any atom is 0.419 e. The van der Waals surface area contributed by atoms with Crippen molar-refractivity contribution in [3.05, 3.63) is 29.2 Å². The molecule has 10 heteroatoms. The van der Waals surface area contributed by atoms with Gasteiger partial charge in [-0.2, -0.15) is 13.2 Å². The van der Waals surface area contributed by atoms with Crippen LogP contribution in [-0.4, -0.2) is 37.5 Å².